The summed E-state index contributed by atoms with van der Waals surface area (Å²) in [7, 11) is 6.45. The summed E-state index contributed by atoms with van der Waals surface area (Å²) in [5.41, 5.74) is 3.97. The molecule has 44 heavy (non-hydrogen) atoms. The lowest BCUT2D eigenvalue weighted by Gasteiger charge is -2.26. The maximum atomic E-state index is 13.8. The Bertz CT molecular complexity index is 1500. The van der Waals surface area contributed by atoms with Crippen molar-refractivity contribution in [3.05, 3.63) is 89.6 Å². The molecule has 0 saturated heterocycles. The van der Waals surface area contributed by atoms with Crippen LogP contribution in [-0.2, 0) is 29.0 Å². The number of carboxylic acids is 1. The monoisotopic (exact) mass is 602 g/mol. The van der Waals surface area contributed by atoms with Gasteiger partial charge in [-0.1, -0.05) is 48.5 Å². The van der Waals surface area contributed by atoms with Crippen LogP contribution in [0.2, 0.25) is 0 Å². The first-order valence-corrected chi connectivity index (χ1v) is 14.6. The topological polar surface area (TPSA) is 125 Å². The van der Waals surface area contributed by atoms with Crippen LogP contribution in [0.4, 0.5) is 0 Å². The number of hydrogen-bond acceptors (Lipinski definition) is 7. The molecule has 1 amide bonds. The highest BCUT2D eigenvalue weighted by Gasteiger charge is 2.24. The first-order chi connectivity index (χ1) is 21.3. The van der Waals surface area contributed by atoms with Crippen LogP contribution in [0.5, 0.6) is 17.2 Å². The van der Waals surface area contributed by atoms with Crippen molar-refractivity contribution in [3.63, 3.8) is 0 Å². The van der Waals surface area contributed by atoms with Crippen LogP contribution < -0.4 is 24.8 Å². The lowest BCUT2D eigenvalue weighted by atomic mass is 10.0. The van der Waals surface area contributed by atoms with Crippen molar-refractivity contribution < 1.29 is 28.9 Å². The Kier molecular flexibility index (Phi) is 11.6. The normalized spacial score (nSPS) is 12.5. The van der Waals surface area contributed by atoms with E-state index in [0.29, 0.717) is 49.7 Å². The molecular formula is C34H42N4O6. The van der Waals surface area contributed by atoms with Gasteiger partial charge in [-0.2, -0.15) is 0 Å². The zero-order valence-electron chi connectivity index (χ0n) is 25.8. The van der Waals surface area contributed by atoms with Gasteiger partial charge in [-0.25, -0.2) is 0 Å². The number of ether oxygens (including phenoxy) is 3. The van der Waals surface area contributed by atoms with Crippen LogP contribution in [0.15, 0.2) is 72.9 Å². The van der Waals surface area contributed by atoms with Gasteiger partial charge in [-0.3, -0.25) is 9.59 Å². The van der Waals surface area contributed by atoms with Gasteiger partial charge in [0.15, 0.2) is 11.5 Å². The summed E-state index contributed by atoms with van der Waals surface area (Å²) in [4.78, 5) is 30.3. The first kappa shape index (κ1) is 32.4. The summed E-state index contributed by atoms with van der Waals surface area (Å²) in [6.07, 6.45) is 3.01. The number of fused-ring (bicyclic) bond motifs is 1. The second kappa shape index (κ2) is 15.8. The van der Waals surface area contributed by atoms with E-state index >= 15 is 0 Å². The summed E-state index contributed by atoms with van der Waals surface area (Å²) < 4.78 is 16.4. The van der Waals surface area contributed by atoms with Crippen molar-refractivity contribution >= 4 is 22.8 Å². The van der Waals surface area contributed by atoms with Crippen LogP contribution in [0, 0.1) is 0 Å². The van der Waals surface area contributed by atoms with Crippen LogP contribution >= 0.6 is 0 Å². The largest absolute Gasteiger partial charge is 0.493 e. The predicted octanol–water partition coefficient (Wildman–Crippen LogP) is 4.03. The van der Waals surface area contributed by atoms with E-state index in [0.717, 1.165) is 27.6 Å². The third-order valence-corrected chi connectivity index (χ3v) is 7.61. The van der Waals surface area contributed by atoms with Gasteiger partial charge in [0.2, 0.25) is 11.7 Å². The number of methoxy groups -OCH3 is 3. The van der Waals surface area contributed by atoms with Gasteiger partial charge in [0, 0.05) is 49.8 Å². The minimum absolute atomic E-state index is 0.0105. The SMILES string of the molecule is COc1cc(CN(C)C(=O)C(Cc2ccccc2)NCCN[C@H](CC(=O)O)Cc2c[nH]c3ccccc23)cc(OC)c1OC. The predicted molar refractivity (Wildman–Crippen MR) is 171 cm³/mol. The molecule has 1 unspecified atom stereocenters. The number of nitrogens with one attached hydrogen (secondary N) is 3. The van der Waals surface area contributed by atoms with E-state index in [2.05, 4.69) is 15.6 Å². The Morgan fingerprint density at radius 1 is 0.864 bits per heavy atom. The minimum atomic E-state index is -0.860. The number of aliphatic carboxylic acids is 1. The third kappa shape index (κ3) is 8.52. The molecule has 0 fully saturated rings. The number of H-pyrrole nitrogens is 1. The number of benzene rings is 3. The number of hydrogen-bond donors (Lipinski definition) is 4. The van der Waals surface area contributed by atoms with Crippen LogP contribution in [0.1, 0.15) is 23.1 Å². The first-order valence-electron chi connectivity index (χ1n) is 14.6. The van der Waals surface area contributed by atoms with Crippen molar-refractivity contribution in [2.45, 2.75) is 37.9 Å². The summed E-state index contributed by atoms with van der Waals surface area (Å²) in [5, 5.41) is 17.5. The maximum Gasteiger partial charge on any atom is 0.304 e. The summed E-state index contributed by atoms with van der Waals surface area (Å²) in [6, 6.07) is 20.8. The van der Waals surface area contributed by atoms with Gasteiger partial charge >= 0.3 is 5.97 Å². The zero-order chi connectivity index (χ0) is 31.5. The quantitative estimate of drug-likeness (QED) is 0.134. The van der Waals surface area contributed by atoms with E-state index in [-0.39, 0.29) is 18.4 Å². The van der Waals surface area contributed by atoms with Crippen LogP contribution in [0.25, 0.3) is 10.9 Å². The fourth-order valence-electron chi connectivity index (χ4n) is 5.46. The Morgan fingerprint density at radius 2 is 1.52 bits per heavy atom. The molecule has 1 aromatic heterocycles. The lowest BCUT2D eigenvalue weighted by Crippen LogP contribution is -2.48. The van der Waals surface area contributed by atoms with Gasteiger partial charge in [0.25, 0.3) is 0 Å². The number of nitrogens with zero attached hydrogens (tertiary/aromatic N) is 1. The average Bonchev–Trinajstić information content (AvgIpc) is 3.44. The number of carboxylic acid groups (broad SMARTS) is 1. The second-order valence-electron chi connectivity index (χ2n) is 10.7. The molecule has 0 aliphatic rings. The molecule has 234 valence electrons. The Labute approximate surface area is 258 Å². The maximum absolute atomic E-state index is 13.8. The highest BCUT2D eigenvalue weighted by atomic mass is 16.5. The molecule has 0 bridgehead atoms. The molecule has 3 aromatic carbocycles. The number of rotatable bonds is 17. The summed E-state index contributed by atoms with van der Waals surface area (Å²) in [6.45, 7) is 1.31. The van der Waals surface area contributed by atoms with E-state index < -0.39 is 12.0 Å². The number of para-hydroxylation sites is 1. The Hall–Kier alpha value is -4.54. The van der Waals surface area contributed by atoms with E-state index in [1.807, 2.05) is 72.9 Å². The molecule has 1 heterocycles. The number of carbonyl (C=O) groups is 2. The van der Waals surface area contributed by atoms with Crippen molar-refractivity contribution in [2.24, 2.45) is 0 Å². The molecular weight excluding hydrogens is 560 g/mol. The van der Waals surface area contributed by atoms with Crippen molar-refractivity contribution in [3.8, 4) is 17.2 Å². The molecule has 0 aliphatic heterocycles. The third-order valence-electron chi connectivity index (χ3n) is 7.61. The molecule has 4 aromatic rings. The number of likely N-dealkylation sites (N-methyl/N-ethyl adjacent to an activating group) is 1. The number of amides is 1. The number of aromatic nitrogens is 1. The van der Waals surface area contributed by atoms with E-state index in [1.165, 1.54) is 0 Å². The fourth-order valence-corrected chi connectivity index (χ4v) is 5.46. The molecule has 10 heteroatoms. The van der Waals surface area contributed by atoms with Crippen LogP contribution in [-0.4, -0.2) is 80.4 Å². The van der Waals surface area contributed by atoms with E-state index in [1.54, 1.807) is 33.3 Å². The molecule has 0 saturated carbocycles. The Balaban J connectivity index is 1.42. The number of carbonyl (C=O) groups excluding carboxylic acids is 1. The fraction of sp³-hybridized carbons (Fsp3) is 0.353. The van der Waals surface area contributed by atoms with Crippen LogP contribution in [0.3, 0.4) is 0 Å². The minimum Gasteiger partial charge on any atom is -0.493 e. The van der Waals surface area contributed by atoms with Gasteiger partial charge < -0.3 is 39.8 Å². The summed E-state index contributed by atoms with van der Waals surface area (Å²) in [5.74, 6) is 0.617. The highest BCUT2D eigenvalue weighted by molar-refractivity contribution is 5.83. The zero-order valence-corrected chi connectivity index (χ0v) is 25.8. The molecule has 2 atom stereocenters. The number of aromatic amines is 1. The van der Waals surface area contributed by atoms with E-state index in [9.17, 15) is 14.7 Å². The molecule has 10 nitrogen and oxygen atoms in total. The van der Waals surface area contributed by atoms with E-state index in [4.69, 9.17) is 14.2 Å². The molecule has 0 aliphatic carbocycles. The molecule has 0 radical (unpaired) electrons. The van der Waals surface area contributed by atoms with Gasteiger partial charge in [-0.05, 0) is 47.7 Å². The van der Waals surface area contributed by atoms with Gasteiger partial charge in [-0.15, -0.1) is 0 Å². The van der Waals surface area contributed by atoms with Gasteiger partial charge in [0.1, 0.15) is 0 Å². The molecule has 4 rings (SSSR count). The average molecular weight is 603 g/mol. The van der Waals surface area contributed by atoms with Crippen molar-refractivity contribution in [1.29, 1.82) is 0 Å². The molecule has 4 N–H and O–H groups in total. The summed E-state index contributed by atoms with van der Waals surface area (Å²) >= 11 is 0. The Morgan fingerprint density at radius 3 is 2.18 bits per heavy atom. The standard InChI is InChI=1S/C34H42N4O6/c1-38(22-24-17-30(42-2)33(44-4)31(18-24)43-3)34(41)29(16-23-10-6-5-7-11-23)36-15-14-35-26(20-32(39)40)19-25-21-37-28-13-9-8-12-27(25)28/h5-13,17-18,21,26,29,35-37H,14-16,19-20,22H2,1-4H3,(H,39,40)/t26-,29?/m0/s1. The lowest BCUT2D eigenvalue weighted by molar-refractivity contribution is -0.137. The highest BCUT2D eigenvalue weighted by Crippen LogP contribution is 2.38. The van der Waals surface area contributed by atoms with Crippen molar-refractivity contribution in [1.82, 2.24) is 20.5 Å². The second-order valence-corrected chi connectivity index (χ2v) is 10.7. The smallest absolute Gasteiger partial charge is 0.304 e. The molecule has 0 spiro atoms. The van der Waals surface area contributed by atoms with Crippen molar-refractivity contribution in [2.75, 3.05) is 41.5 Å². The van der Waals surface area contributed by atoms with Gasteiger partial charge in [0.05, 0.1) is 33.8 Å².